The molecule has 1 aliphatic heterocycles. The number of rotatable bonds is 4. The first-order valence-electron chi connectivity index (χ1n) is 5.72. The van der Waals surface area contributed by atoms with E-state index in [0.717, 1.165) is 32.5 Å². The molecule has 0 aromatic heterocycles. The highest BCUT2D eigenvalue weighted by Crippen LogP contribution is 2.18. The average molecular weight is 198 g/mol. The van der Waals surface area contributed by atoms with E-state index in [9.17, 15) is 4.79 Å². The maximum atomic E-state index is 12.1. The molecule has 0 spiro atoms. The van der Waals surface area contributed by atoms with Crippen LogP contribution in [0.25, 0.3) is 0 Å². The lowest BCUT2D eigenvalue weighted by atomic mass is 10.0. The smallest absolute Gasteiger partial charge is 0.227 e. The van der Waals surface area contributed by atoms with Crippen molar-refractivity contribution in [1.82, 2.24) is 10.2 Å². The summed E-state index contributed by atoms with van der Waals surface area (Å²) >= 11 is 0. The summed E-state index contributed by atoms with van der Waals surface area (Å²) in [6.45, 7) is 9.01. The zero-order valence-electron chi connectivity index (χ0n) is 9.55. The number of hydrogen-bond donors (Lipinski definition) is 1. The van der Waals surface area contributed by atoms with E-state index >= 15 is 0 Å². The van der Waals surface area contributed by atoms with E-state index in [4.69, 9.17) is 0 Å². The van der Waals surface area contributed by atoms with Gasteiger partial charge in [0.05, 0.1) is 5.92 Å². The van der Waals surface area contributed by atoms with Crippen molar-refractivity contribution in [3.63, 3.8) is 0 Å². The standard InChI is InChI=1S/C11H22N2O/c1-4-8-13(5-2)11(14)10-6-7-12-9(10)3/h9-10,12H,4-8H2,1-3H3. The fourth-order valence-electron chi connectivity index (χ4n) is 2.12. The Kier molecular flexibility index (Phi) is 4.39. The van der Waals surface area contributed by atoms with Gasteiger partial charge in [0.1, 0.15) is 0 Å². The van der Waals surface area contributed by atoms with Crippen molar-refractivity contribution >= 4 is 5.91 Å². The summed E-state index contributed by atoms with van der Waals surface area (Å²) in [5, 5.41) is 3.32. The van der Waals surface area contributed by atoms with E-state index in [-0.39, 0.29) is 5.92 Å². The van der Waals surface area contributed by atoms with Gasteiger partial charge in [-0.2, -0.15) is 0 Å². The highest BCUT2D eigenvalue weighted by atomic mass is 16.2. The molecule has 1 aliphatic rings. The van der Waals surface area contributed by atoms with Crippen LogP contribution in [0, 0.1) is 5.92 Å². The summed E-state index contributed by atoms with van der Waals surface area (Å²) in [6, 6.07) is 0.355. The molecular weight excluding hydrogens is 176 g/mol. The number of amides is 1. The molecule has 1 rings (SSSR count). The van der Waals surface area contributed by atoms with Gasteiger partial charge in [0.15, 0.2) is 0 Å². The maximum Gasteiger partial charge on any atom is 0.227 e. The van der Waals surface area contributed by atoms with E-state index in [1.54, 1.807) is 0 Å². The van der Waals surface area contributed by atoms with Crippen molar-refractivity contribution in [3.8, 4) is 0 Å². The van der Waals surface area contributed by atoms with Crippen LogP contribution in [0.4, 0.5) is 0 Å². The molecule has 2 unspecified atom stereocenters. The molecule has 1 N–H and O–H groups in total. The van der Waals surface area contributed by atoms with Crippen LogP contribution in [0.2, 0.25) is 0 Å². The van der Waals surface area contributed by atoms with Crippen molar-refractivity contribution in [1.29, 1.82) is 0 Å². The SMILES string of the molecule is CCCN(CC)C(=O)C1CCNC1C. The van der Waals surface area contributed by atoms with E-state index < -0.39 is 0 Å². The van der Waals surface area contributed by atoms with E-state index in [2.05, 4.69) is 26.1 Å². The van der Waals surface area contributed by atoms with Crippen molar-refractivity contribution < 1.29 is 4.79 Å². The summed E-state index contributed by atoms with van der Waals surface area (Å²) in [5.74, 6) is 0.549. The topological polar surface area (TPSA) is 32.3 Å². The van der Waals surface area contributed by atoms with Gasteiger partial charge in [-0.05, 0) is 33.2 Å². The molecule has 1 heterocycles. The van der Waals surface area contributed by atoms with Crippen molar-refractivity contribution in [2.75, 3.05) is 19.6 Å². The van der Waals surface area contributed by atoms with E-state index in [1.807, 2.05) is 4.90 Å². The van der Waals surface area contributed by atoms with Crippen molar-refractivity contribution in [3.05, 3.63) is 0 Å². The third kappa shape index (κ3) is 2.47. The highest BCUT2D eigenvalue weighted by Gasteiger charge is 2.31. The maximum absolute atomic E-state index is 12.1. The number of nitrogens with zero attached hydrogens (tertiary/aromatic N) is 1. The Labute approximate surface area is 86.9 Å². The molecular formula is C11H22N2O. The zero-order chi connectivity index (χ0) is 10.6. The average Bonchev–Trinajstić information content (AvgIpc) is 2.59. The lowest BCUT2D eigenvalue weighted by molar-refractivity contribution is -0.135. The number of carbonyl (C=O) groups excluding carboxylic acids is 1. The first kappa shape index (κ1) is 11.5. The van der Waals surface area contributed by atoms with Gasteiger partial charge in [0.2, 0.25) is 5.91 Å². The molecule has 14 heavy (non-hydrogen) atoms. The van der Waals surface area contributed by atoms with Gasteiger partial charge in [-0.25, -0.2) is 0 Å². The molecule has 0 aliphatic carbocycles. The summed E-state index contributed by atoms with van der Waals surface area (Å²) in [4.78, 5) is 14.0. The first-order chi connectivity index (χ1) is 6.70. The number of hydrogen-bond acceptors (Lipinski definition) is 2. The molecule has 0 aromatic rings. The van der Waals surface area contributed by atoms with Crippen LogP contribution in [-0.2, 0) is 4.79 Å². The molecule has 1 fully saturated rings. The van der Waals surface area contributed by atoms with Crippen LogP contribution in [0.15, 0.2) is 0 Å². The molecule has 3 heteroatoms. The first-order valence-corrected chi connectivity index (χ1v) is 5.72. The van der Waals surface area contributed by atoms with Gasteiger partial charge in [0.25, 0.3) is 0 Å². The molecule has 2 atom stereocenters. The van der Waals surface area contributed by atoms with Gasteiger partial charge in [-0.15, -0.1) is 0 Å². The Balaban J connectivity index is 2.52. The van der Waals surface area contributed by atoms with Gasteiger partial charge < -0.3 is 10.2 Å². The third-order valence-electron chi connectivity index (χ3n) is 3.03. The molecule has 0 aromatic carbocycles. The third-order valence-corrected chi connectivity index (χ3v) is 3.03. The van der Waals surface area contributed by atoms with Crippen molar-refractivity contribution in [2.24, 2.45) is 5.92 Å². The fraction of sp³-hybridized carbons (Fsp3) is 0.909. The summed E-state index contributed by atoms with van der Waals surface area (Å²) in [6.07, 6.45) is 2.05. The van der Waals surface area contributed by atoms with Gasteiger partial charge in [-0.3, -0.25) is 4.79 Å². The van der Waals surface area contributed by atoms with E-state index in [0.29, 0.717) is 11.9 Å². The normalized spacial score (nSPS) is 26.5. The molecule has 3 nitrogen and oxygen atoms in total. The Morgan fingerprint density at radius 1 is 1.50 bits per heavy atom. The minimum Gasteiger partial charge on any atom is -0.343 e. The number of nitrogens with one attached hydrogen (secondary N) is 1. The van der Waals surface area contributed by atoms with Crippen LogP contribution >= 0.6 is 0 Å². The monoisotopic (exact) mass is 198 g/mol. The summed E-state index contributed by atoms with van der Waals surface area (Å²) in [5.41, 5.74) is 0. The second-order valence-corrected chi connectivity index (χ2v) is 4.06. The van der Waals surface area contributed by atoms with Gasteiger partial charge in [-0.1, -0.05) is 6.92 Å². The predicted molar refractivity (Wildman–Crippen MR) is 58.1 cm³/mol. The lowest BCUT2D eigenvalue weighted by Crippen LogP contribution is -2.40. The molecule has 0 bridgehead atoms. The Morgan fingerprint density at radius 2 is 2.21 bits per heavy atom. The van der Waals surface area contributed by atoms with Crippen LogP contribution < -0.4 is 5.32 Å². The van der Waals surface area contributed by atoms with Crippen molar-refractivity contribution in [2.45, 2.75) is 39.7 Å². The fourth-order valence-corrected chi connectivity index (χ4v) is 2.12. The number of carbonyl (C=O) groups is 1. The van der Waals surface area contributed by atoms with Gasteiger partial charge in [0, 0.05) is 19.1 Å². The molecule has 0 saturated carbocycles. The van der Waals surface area contributed by atoms with Crippen LogP contribution in [0.3, 0.4) is 0 Å². The summed E-state index contributed by atoms with van der Waals surface area (Å²) < 4.78 is 0. The molecule has 1 saturated heterocycles. The minimum absolute atomic E-state index is 0.210. The van der Waals surface area contributed by atoms with Crippen LogP contribution in [-0.4, -0.2) is 36.5 Å². The Morgan fingerprint density at radius 3 is 2.64 bits per heavy atom. The van der Waals surface area contributed by atoms with Gasteiger partial charge >= 0.3 is 0 Å². The minimum atomic E-state index is 0.210. The second-order valence-electron chi connectivity index (χ2n) is 4.06. The van der Waals surface area contributed by atoms with Crippen LogP contribution in [0.1, 0.15) is 33.6 Å². The highest BCUT2D eigenvalue weighted by molar-refractivity contribution is 5.79. The Hall–Kier alpha value is -0.570. The molecule has 0 radical (unpaired) electrons. The second kappa shape index (κ2) is 5.35. The molecule has 1 amide bonds. The van der Waals surface area contributed by atoms with Crippen LogP contribution in [0.5, 0.6) is 0 Å². The zero-order valence-corrected chi connectivity index (χ0v) is 9.55. The quantitative estimate of drug-likeness (QED) is 0.737. The summed E-state index contributed by atoms with van der Waals surface area (Å²) in [7, 11) is 0. The molecule has 82 valence electrons. The lowest BCUT2D eigenvalue weighted by Gasteiger charge is -2.25. The Bertz CT molecular complexity index is 194. The predicted octanol–water partition coefficient (Wildman–Crippen LogP) is 1.24. The largest absolute Gasteiger partial charge is 0.343 e. The van der Waals surface area contributed by atoms with E-state index in [1.165, 1.54) is 0 Å².